The fourth-order valence-electron chi connectivity index (χ4n) is 2.96. The van der Waals surface area contributed by atoms with Gasteiger partial charge in [-0.15, -0.1) is 12.4 Å². The van der Waals surface area contributed by atoms with Gasteiger partial charge in [0.05, 0.1) is 6.04 Å². The number of piperidine rings is 1. The normalized spacial score (nSPS) is 16.7. The third kappa shape index (κ3) is 4.96. The van der Waals surface area contributed by atoms with Crippen LogP contribution in [-0.2, 0) is 4.79 Å². The summed E-state index contributed by atoms with van der Waals surface area (Å²) in [5.74, 6) is 0.413. The molecule has 1 saturated heterocycles. The van der Waals surface area contributed by atoms with E-state index in [4.69, 9.17) is 0 Å². The van der Waals surface area contributed by atoms with E-state index in [9.17, 15) is 9.18 Å². The highest BCUT2D eigenvalue weighted by atomic mass is 35.5. The maximum atomic E-state index is 13.7. The molecule has 2 N–H and O–H groups in total. The van der Waals surface area contributed by atoms with Crippen molar-refractivity contribution < 1.29 is 9.18 Å². The standard InChI is InChI=1S/C17H25FN2O.ClH/c1-11-8-15(9-12(2)17(11)18)13(3)20-16(21)10-14-4-6-19-7-5-14;/h8-9,13-14,19H,4-7,10H2,1-3H3,(H,20,21);1H. The maximum Gasteiger partial charge on any atom is 0.220 e. The summed E-state index contributed by atoms with van der Waals surface area (Å²) in [4.78, 5) is 12.1. The Morgan fingerprint density at radius 1 is 1.32 bits per heavy atom. The van der Waals surface area contributed by atoms with Crippen LogP contribution < -0.4 is 10.6 Å². The zero-order chi connectivity index (χ0) is 15.4. The van der Waals surface area contributed by atoms with E-state index in [0.717, 1.165) is 31.5 Å². The minimum Gasteiger partial charge on any atom is -0.350 e. The van der Waals surface area contributed by atoms with Crippen molar-refractivity contribution in [2.24, 2.45) is 5.92 Å². The van der Waals surface area contributed by atoms with Crippen molar-refractivity contribution in [3.05, 3.63) is 34.6 Å². The van der Waals surface area contributed by atoms with Crippen LogP contribution in [0.25, 0.3) is 0 Å². The molecule has 1 aromatic rings. The smallest absolute Gasteiger partial charge is 0.220 e. The molecular formula is C17H26ClFN2O. The first kappa shape index (κ1) is 18.9. The number of rotatable bonds is 4. The van der Waals surface area contributed by atoms with Crippen molar-refractivity contribution in [2.75, 3.05) is 13.1 Å². The predicted octanol–water partition coefficient (Wildman–Crippen LogP) is 3.43. The SMILES string of the molecule is Cc1cc(C(C)NC(=O)CC2CCNCC2)cc(C)c1F.Cl. The molecule has 0 saturated carbocycles. The van der Waals surface area contributed by atoms with Crippen molar-refractivity contribution in [2.45, 2.75) is 46.1 Å². The van der Waals surface area contributed by atoms with E-state index in [1.807, 2.05) is 19.1 Å². The molecule has 0 radical (unpaired) electrons. The number of carbonyl (C=O) groups is 1. The molecular weight excluding hydrogens is 303 g/mol. The second-order valence-corrected chi connectivity index (χ2v) is 6.16. The fraction of sp³-hybridized carbons (Fsp3) is 0.588. The number of benzene rings is 1. The molecule has 2 rings (SSSR count). The van der Waals surface area contributed by atoms with E-state index in [-0.39, 0.29) is 30.2 Å². The highest BCUT2D eigenvalue weighted by Gasteiger charge is 2.18. The Morgan fingerprint density at radius 3 is 2.41 bits per heavy atom. The number of aryl methyl sites for hydroxylation is 2. The lowest BCUT2D eigenvalue weighted by molar-refractivity contribution is -0.122. The average Bonchev–Trinajstić information content (AvgIpc) is 2.45. The third-order valence-corrected chi connectivity index (χ3v) is 4.27. The number of halogens is 2. The minimum absolute atomic E-state index is 0. The molecule has 3 nitrogen and oxygen atoms in total. The zero-order valence-electron chi connectivity index (χ0n) is 13.5. The van der Waals surface area contributed by atoms with E-state index in [0.29, 0.717) is 23.5 Å². The molecule has 124 valence electrons. The molecule has 1 aromatic carbocycles. The summed E-state index contributed by atoms with van der Waals surface area (Å²) in [7, 11) is 0. The van der Waals surface area contributed by atoms with Gasteiger partial charge < -0.3 is 10.6 Å². The Hall–Kier alpha value is -1.13. The quantitative estimate of drug-likeness (QED) is 0.889. The zero-order valence-corrected chi connectivity index (χ0v) is 14.4. The predicted molar refractivity (Wildman–Crippen MR) is 89.9 cm³/mol. The van der Waals surface area contributed by atoms with Gasteiger partial charge in [-0.05, 0) is 69.3 Å². The first-order valence-corrected chi connectivity index (χ1v) is 7.74. The monoisotopic (exact) mass is 328 g/mol. The largest absolute Gasteiger partial charge is 0.350 e. The Kier molecular flexibility index (Phi) is 7.30. The van der Waals surface area contributed by atoms with Crippen molar-refractivity contribution in [1.82, 2.24) is 10.6 Å². The number of amides is 1. The number of hydrogen-bond donors (Lipinski definition) is 2. The lowest BCUT2D eigenvalue weighted by Gasteiger charge is -2.23. The molecule has 5 heteroatoms. The summed E-state index contributed by atoms with van der Waals surface area (Å²) >= 11 is 0. The number of nitrogens with one attached hydrogen (secondary N) is 2. The van der Waals surface area contributed by atoms with Crippen LogP contribution in [0.2, 0.25) is 0 Å². The molecule has 0 aliphatic carbocycles. The van der Waals surface area contributed by atoms with Crippen LogP contribution in [0.4, 0.5) is 4.39 Å². The molecule has 0 spiro atoms. The van der Waals surface area contributed by atoms with Gasteiger partial charge in [0.2, 0.25) is 5.91 Å². The molecule has 1 fully saturated rings. The Balaban J connectivity index is 0.00000242. The van der Waals surface area contributed by atoms with Gasteiger partial charge in [-0.3, -0.25) is 4.79 Å². The topological polar surface area (TPSA) is 41.1 Å². The number of carbonyl (C=O) groups excluding carboxylic acids is 1. The summed E-state index contributed by atoms with van der Waals surface area (Å²) in [6.07, 6.45) is 2.72. The van der Waals surface area contributed by atoms with E-state index >= 15 is 0 Å². The summed E-state index contributed by atoms with van der Waals surface area (Å²) in [6.45, 7) is 7.48. The van der Waals surface area contributed by atoms with Gasteiger partial charge >= 0.3 is 0 Å². The highest BCUT2D eigenvalue weighted by Crippen LogP contribution is 2.21. The lowest BCUT2D eigenvalue weighted by atomic mass is 9.94. The van der Waals surface area contributed by atoms with Gasteiger partial charge in [-0.1, -0.05) is 12.1 Å². The van der Waals surface area contributed by atoms with E-state index in [1.165, 1.54) is 0 Å². The average molecular weight is 329 g/mol. The summed E-state index contributed by atoms with van der Waals surface area (Å²) < 4.78 is 13.7. The summed E-state index contributed by atoms with van der Waals surface area (Å²) in [6, 6.07) is 3.55. The molecule has 1 heterocycles. The van der Waals surface area contributed by atoms with E-state index < -0.39 is 0 Å². The Bertz CT molecular complexity index is 492. The van der Waals surface area contributed by atoms with Crippen LogP contribution in [0.15, 0.2) is 12.1 Å². The first-order chi connectivity index (χ1) is 9.97. The van der Waals surface area contributed by atoms with Crippen molar-refractivity contribution in [3.8, 4) is 0 Å². The molecule has 1 unspecified atom stereocenters. The number of hydrogen-bond acceptors (Lipinski definition) is 2. The fourth-order valence-corrected chi connectivity index (χ4v) is 2.96. The maximum absolute atomic E-state index is 13.7. The Morgan fingerprint density at radius 2 is 1.86 bits per heavy atom. The van der Waals surface area contributed by atoms with Crippen LogP contribution in [0.5, 0.6) is 0 Å². The molecule has 0 aromatic heterocycles. The van der Waals surface area contributed by atoms with Gasteiger partial charge in [0.15, 0.2) is 0 Å². The van der Waals surface area contributed by atoms with E-state index in [2.05, 4.69) is 10.6 Å². The second kappa shape index (κ2) is 8.49. The van der Waals surface area contributed by atoms with Gasteiger partial charge in [0, 0.05) is 6.42 Å². The molecule has 0 bridgehead atoms. The van der Waals surface area contributed by atoms with Crippen LogP contribution >= 0.6 is 12.4 Å². The molecule has 1 aliphatic heterocycles. The Labute approximate surface area is 138 Å². The van der Waals surface area contributed by atoms with E-state index in [1.54, 1.807) is 13.8 Å². The van der Waals surface area contributed by atoms with Gasteiger partial charge in [0.25, 0.3) is 0 Å². The van der Waals surface area contributed by atoms with Crippen LogP contribution in [-0.4, -0.2) is 19.0 Å². The minimum atomic E-state index is -0.160. The highest BCUT2D eigenvalue weighted by molar-refractivity contribution is 5.85. The second-order valence-electron chi connectivity index (χ2n) is 6.16. The lowest BCUT2D eigenvalue weighted by Crippen LogP contribution is -2.33. The van der Waals surface area contributed by atoms with Gasteiger partial charge in [0.1, 0.15) is 5.82 Å². The molecule has 1 aliphatic rings. The van der Waals surface area contributed by atoms with Gasteiger partial charge in [-0.25, -0.2) is 4.39 Å². The van der Waals surface area contributed by atoms with Crippen molar-refractivity contribution >= 4 is 18.3 Å². The molecule has 22 heavy (non-hydrogen) atoms. The van der Waals surface area contributed by atoms with Crippen LogP contribution in [0, 0.1) is 25.6 Å². The van der Waals surface area contributed by atoms with Crippen LogP contribution in [0.1, 0.15) is 48.9 Å². The van der Waals surface area contributed by atoms with Gasteiger partial charge in [-0.2, -0.15) is 0 Å². The van der Waals surface area contributed by atoms with Crippen molar-refractivity contribution in [3.63, 3.8) is 0 Å². The molecule has 1 amide bonds. The van der Waals surface area contributed by atoms with Crippen molar-refractivity contribution in [1.29, 1.82) is 0 Å². The molecule has 1 atom stereocenters. The first-order valence-electron chi connectivity index (χ1n) is 7.74. The summed E-state index contributed by atoms with van der Waals surface area (Å²) in [5.41, 5.74) is 2.22. The van der Waals surface area contributed by atoms with Crippen LogP contribution in [0.3, 0.4) is 0 Å². The third-order valence-electron chi connectivity index (χ3n) is 4.27. The summed E-state index contributed by atoms with van der Waals surface area (Å²) in [5, 5.41) is 6.34.